The van der Waals surface area contributed by atoms with Gasteiger partial charge in [0.1, 0.15) is 0 Å². The smallest absolute Gasteiger partial charge is 0.0642 e. The van der Waals surface area contributed by atoms with Crippen LogP contribution in [0, 0.1) is 5.92 Å². The van der Waals surface area contributed by atoms with Gasteiger partial charge in [0.05, 0.1) is 10.7 Å². The molecule has 0 radical (unpaired) electrons. The third kappa shape index (κ3) is 3.89. The Bertz CT molecular complexity index is 411. The third-order valence-corrected chi connectivity index (χ3v) is 4.63. The van der Waals surface area contributed by atoms with Gasteiger partial charge in [-0.1, -0.05) is 44.0 Å². The molecule has 2 nitrogen and oxygen atoms in total. The number of benzene rings is 1. The van der Waals surface area contributed by atoms with Crippen LogP contribution in [0.25, 0.3) is 0 Å². The number of nitrogens with zero attached hydrogens (tertiary/aromatic N) is 1. The lowest BCUT2D eigenvalue weighted by Gasteiger charge is -2.35. The molecule has 0 unspecified atom stereocenters. The van der Waals surface area contributed by atoms with E-state index in [0.717, 1.165) is 43.5 Å². The van der Waals surface area contributed by atoms with Crippen molar-refractivity contribution in [2.75, 3.05) is 24.5 Å². The average Bonchev–Trinajstić information content (AvgIpc) is 2.48. The topological polar surface area (TPSA) is 15.3 Å². The van der Waals surface area contributed by atoms with Crippen LogP contribution in [0.15, 0.2) is 18.2 Å². The normalized spacial score (nSPS) is 16.6. The molecule has 0 saturated carbocycles. The van der Waals surface area contributed by atoms with Crippen molar-refractivity contribution in [1.29, 1.82) is 0 Å². The van der Waals surface area contributed by atoms with Crippen LogP contribution < -0.4 is 10.2 Å². The molecule has 1 aliphatic heterocycles. The fraction of sp³-hybridized carbons (Fsp3) is 0.647. The molecule has 1 aromatic carbocycles. The standard InChI is InChI=1S/C17H27ClN2/c1-3-10-19-13-15-6-5-7-16(18)17(15)20-11-8-14(4-2)9-12-20/h5-7,14,19H,3-4,8-13H2,1-2H3. The van der Waals surface area contributed by atoms with E-state index in [1.807, 2.05) is 6.07 Å². The van der Waals surface area contributed by atoms with Gasteiger partial charge >= 0.3 is 0 Å². The Balaban J connectivity index is 2.09. The van der Waals surface area contributed by atoms with Gasteiger partial charge in [-0.05, 0) is 43.4 Å². The maximum absolute atomic E-state index is 6.48. The summed E-state index contributed by atoms with van der Waals surface area (Å²) in [6, 6.07) is 6.29. The number of rotatable bonds is 6. The van der Waals surface area contributed by atoms with E-state index in [0.29, 0.717) is 0 Å². The molecule has 0 bridgehead atoms. The summed E-state index contributed by atoms with van der Waals surface area (Å²) < 4.78 is 0. The highest BCUT2D eigenvalue weighted by Crippen LogP contribution is 2.33. The maximum Gasteiger partial charge on any atom is 0.0642 e. The van der Waals surface area contributed by atoms with Crippen molar-refractivity contribution in [1.82, 2.24) is 5.32 Å². The van der Waals surface area contributed by atoms with Gasteiger partial charge in [0, 0.05) is 19.6 Å². The summed E-state index contributed by atoms with van der Waals surface area (Å²) in [5.41, 5.74) is 2.59. The monoisotopic (exact) mass is 294 g/mol. The molecular weight excluding hydrogens is 268 g/mol. The Morgan fingerprint density at radius 3 is 2.65 bits per heavy atom. The number of hydrogen-bond donors (Lipinski definition) is 1. The number of nitrogens with one attached hydrogen (secondary N) is 1. The largest absolute Gasteiger partial charge is 0.370 e. The lowest BCUT2D eigenvalue weighted by atomic mass is 9.93. The molecule has 3 heteroatoms. The second-order valence-electron chi connectivity index (χ2n) is 5.76. The molecule has 1 fully saturated rings. The fourth-order valence-electron chi connectivity index (χ4n) is 3.02. The molecule has 0 aromatic heterocycles. The van der Waals surface area contributed by atoms with Crippen LogP contribution in [0.1, 0.15) is 45.1 Å². The van der Waals surface area contributed by atoms with E-state index in [2.05, 4.69) is 36.2 Å². The van der Waals surface area contributed by atoms with E-state index >= 15 is 0 Å². The molecule has 1 aromatic rings. The van der Waals surface area contributed by atoms with Crippen LogP contribution in [-0.4, -0.2) is 19.6 Å². The zero-order valence-corrected chi connectivity index (χ0v) is 13.5. The lowest BCUT2D eigenvalue weighted by molar-refractivity contribution is 0.394. The molecule has 1 saturated heterocycles. The van der Waals surface area contributed by atoms with Crippen LogP contribution in [0.2, 0.25) is 5.02 Å². The van der Waals surface area contributed by atoms with Crippen LogP contribution in [0.3, 0.4) is 0 Å². The first-order chi connectivity index (χ1) is 9.76. The molecule has 0 atom stereocenters. The molecule has 2 rings (SSSR count). The highest BCUT2D eigenvalue weighted by Gasteiger charge is 2.21. The van der Waals surface area contributed by atoms with Gasteiger partial charge in [-0.25, -0.2) is 0 Å². The maximum atomic E-state index is 6.48. The zero-order valence-electron chi connectivity index (χ0n) is 12.8. The first-order valence-corrected chi connectivity index (χ1v) is 8.37. The van der Waals surface area contributed by atoms with E-state index < -0.39 is 0 Å². The molecule has 1 aliphatic rings. The quantitative estimate of drug-likeness (QED) is 0.779. The van der Waals surface area contributed by atoms with Gasteiger partial charge in [0.15, 0.2) is 0 Å². The van der Waals surface area contributed by atoms with E-state index in [1.54, 1.807) is 0 Å². The van der Waals surface area contributed by atoms with Gasteiger partial charge < -0.3 is 10.2 Å². The molecule has 0 spiro atoms. The summed E-state index contributed by atoms with van der Waals surface area (Å²) in [6.07, 6.45) is 5.06. The van der Waals surface area contributed by atoms with Crippen molar-refractivity contribution in [3.8, 4) is 0 Å². The minimum atomic E-state index is 0.899. The summed E-state index contributed by atoms with van der Waals surface area (Å²) in [5.74, 6) is 0.899. The molecular formula is C17H27ClN2. The van der Waals surface area contributed by atoms with Gasteiger partial charge in [-0.15, -0.1) is 0 Å². The van der Waals surface area contributed by atoms with Gasteiger partial charge in [0.2, 0.25) is 0 Å². The van der Waals surface area contributed by atoms with Gasteiger partial charge in [-0.3, -0.25) is 0 Å². The summed E-state index contributed by atoms with van der Waals surface area (Å²) in [5, 5.41) is 4.39. The van der Waals surface area contributed by atoms with Crippen molar-refractivity contribution >= 4 is 17.3 Å². The molecule has 1 N–H and O–H groups in total. The lowest BCUT2D eigenvalue weighted by Crippen LogP contribution is -2.34. The van der Waals surface area contributed by atoms with E-state index in [-0.39, 0.29) is 0 Å². The van der Waals surface area contributed by atoms with Crippen LogP contribution in [0.4, 0.5) is 5.69 Å². The summed E-state index contributed by atoms with van der Waals surface area (Å²) in [4.78, 5) is 2.48. The van der Waals surface area contributed by atoms with Crippen molar-refractivity contribution in [2.24, 2.45) is 5.92 Å². The Hall–Kier alpha value is -0.730. The predicted molar refractivity (Wildman–Crippen MR) is 88.7 cm³/mol. The van der Waals surface area contributed by atoms with Crippen molar-refractivity contribution < 1.29 is 0 Å². The average molecular weight is 295 g/mol. The second kappa shape index (κ2) is 7.90. The first-order valence-electron chi connectivity index (χ1n) is 7.99. The van der Waals surface area contributed by atoms with E-state index in [4.69, 9.17) is 11.6 Å². The molecule has 112 valence electrons. The number of hydrogen-bond acceptors (Lipinski definition) is 2. The predicted octanol–water partition coefficient (Wildman–Crippen LogP) is 4.47. The number of para-hydroxylation sites is 1. The third-order valence-electron chi connectivity index (χ3n) is 4.32. The van der Waals surface area contributed by atoms with Crippen molar-refractivity contribution in [3.05, 3.63) is 28.8 Å². The number of piperidine rings is 1. The number of halogens is 1. The molecule has 1 heterocycles. The molecule has 0 aliphatic carbocycles. The van der Waals surface area contributed by atoms with Gasteiger partial charge in [0.25, 0.3) is 0 Å². The van der Waals surface area contributed by atoms with E-state index in [1.165, 1.54) is 30.5 Å². The summed E-state index contributed by atoms with van der Waals surface area (Å²) in [6.45, 7) is 8.75. The van der Waals surface area contributed by atoms with Crippen LogP contribution in [-0.2, 0) is 6.54 Å². The minimum absolute atomic E-state index is 0.899. The molecule has 20 heavy (non-hydrogen) atoms. The Morgan fingerprint density at radius 2 is 2.00 bits per heavy atom. The highest BCUT2D eigenvalue weighted by atomic mass is 35.5. The minimum Gasteiger partial charge on any atom is -0.370 e. The Labute approximate surface area is 128 Å². The number of anilines is 1. The van der Waals surface area contributed by atoms with Crippen LogP contribution in [0.5, 0.6) is 0 Å². The summed E-state index contributed by atoms with van der Waals surface area (Å²) in [7, 11) is 0. The van der Waals surface area contributed by atoms with Crippen molar-refractivity contribution in [2.45, 2.75) is 46.1 Å². The highest BCUT2D eigenvalue weighted by molar-refractivity contribution is 6.33. The van der Waals surface area contributed by atoms with Crippen molar-refractivity contribution in [3.63, 3.8) is 0 Å². The SMILES string of the molecule is CCCNCc1cccc(Cl)c1N1CCC(CC)CC1. The fourth-order valence-corrected chi connectivity index (χ4v) is 3.34. The molecule has 0 amide bonds. The van der Waals surface area contributed by atoms with E-state index in [9.17, 15) is 0 Å². The Kier molecular flexibility index (Phi) is 6.18. The van der Waals surface area contributed by atoms with Crippen LogP contribution >= 0.6 is 11.6 Å². The summed E-state index contributed by atoms with van der Waals surface area (Å²) >= 11 is 6.48. The van der Waals surface area contributed by atoms with Gasteiger partial charge in [-0.2, -0.15) is 0 Å². The first kappa shape index (κ1) is 15.7. The second-order valence-corrected chi connectivity index (χ2v) is 6.17. The Morgan fingerprint density at radius 1 is 1.25 bits per heavy atom. The zero-order chi connectivity index (χ0) is 14.4.